The number of ether oxygens (including phenoxy) is 1. The Kier molecular flexibility index (Phi) is 5.92. The maximum Gasteiger partial charge on any atom is 0.274 e. The van der Waals surface area contributed by atoms with E-state index in [1.807, 2.05) is 24.3 Å². The van der Waals surface area contributed by atoms with Crippen LogP contribution in [0.4, 0.5) is 10.2 Å². The molecule has 0 bridgehead atoms. The number of nitrogens with zero attached hydrogens (tertiary/aromatic N) is 3. The van der Waals surface area contributed by atoms with E-state index in [1.54, 1.807) is 19.2 Å². The number of anilines is 1. The number of aromatic nitrogens is 4. The zero-order valence-electron chi connectivity index (χ0n) is 16.2. The summed E-state index contributed by atoms with van der Waals surface area (Å²) in [6.07, 6.45) is 1.48. The maximum absolute atomic E-state index is 14.0. The number of H-pyrrole nitrogens is 1. The molecule has 0 fully saturated rings. The third-order valence-corrected chi connectivity index (χ3v) is 5.15. The van der Waals surface area contributed by atoms with E-state index in [0.29, 0.717) is 11.4 Å². The lowest BCUT2D eigenvalue weighted by Gasteiger charge is -2.05. The predicted molar refractivity (Wildman–Crippen MR) is 116 cm³/mol. The lowest BCUT2D eigenvalue weighted by molar-refractivity contribution is 0.102. The molecule has 2 N–H and O–H groups in total. The summed E-state index contributed by atoms with van der Waals surface area (Å²) in [7, 11) is 1.57. The maximum atomic E-state index is 14.0. The molecule has 4 aromatic rings. The summed E-state index contributed by atoms with van der Waals surface area (Å²) in [4.78, 5) is 12.6. The van der Waals surface area contributed by atoms with Crippen LogP contribution in [0.3, 0.4) is 0 Å². The summed E-state index contributed by atoms with van der Waals surface area (Å²) >= 11 is 12.3. The molecule has 0 aliphatic rings. The Morgan fingerprint density at radius 1 is 1.19 bits per heavy atom. The summed E-state index contributed by atoms with van der Waals surface area (Å²) < 4.78 is 20.6. The van der Waals surface area contributed by atoms with Crippen LogP contribution in [0.5, 0.6) is 5.75 Å². The van der Waals surface area contributed by atoms with Crippen LogP contribution in [0.15, 0.2) is 54.7 Å². The highest BCUT2D eigenvalue weighted by Crippen LogP contribution is 2.25. The number of amides is 1. The van der Waals surface area contributed by atoms with Crippen LogP contribution in [0.1, 0.15) is 16.1 Å². The van der Waals surface area contributed by atoms with Crippen molar-refractivity contribution in [3.63, 3.8) is 0 Å². The van der Waals surface area contributed by atoms with Gasteiger partial charge < -0.3 is 10.1 Å². The normalized spacial score (nSPS) is 10.8. The van der Waals surface area contributed by atoms with Gasteiger partial charge in [-0.1, -0.05) is 41.4 Å². The molecule has 0 aliphatic heterocycles. The van der Waals surface area contributed by atoms with Crippen molar-refractivity contribution < 1.29 is 13.9 Å². The van der Waals surface area contributed by atoms with Crippen LogP contribution in [0.25, 0.3) is 11.3 Å². The van der Waals surface area contributed by atoms with E-state index < -0.39 is 11.7 Å². The van der Waals surface area contributed by atoms with E-state index in [1.165, 1.54) is 23.0 Å². The van der Waals surface area contributed by atoms with Gasteiger partial charge in [0.15, 0.2) is 5.82 Å². The number of carbonyl (C=O) groups excluding carboxylic acids is 1. The number of carbonyl (C=O) groups is 1. The van der Waals surface area contributed by atoms with E-state index in [9.17, 15) is 9.18 Å². The van der Waals surface area contributed by atoms with Gasteiger partial charge in [0.2, 0.25) is 0 Å². The third-order valence-electron chi connectivity index (χ3n) is 4.52. The number of nitrogens with one attached hydrogen (secondary N) is 2. The number of hydrogen-bond donors (Lipinski definition) is 2. The van der Waals surface area contributed by atoms with Crippen molar-refractivity contribution in [3.05, 3.63) is 81.8 Å². The summed E-state index contributed by atoms with van der Waals surface area (Å²) in [5.74, 6) is -0.111. The second-order valence-corrected chi connectivity index (χ2v) is 7.39. The zero-order valence-corrected chi connectivity index (χ0v) is 17.7. The Morgan fingerprint density at radius 3 is 2.77 bits per heavy atom. The van der Waals surface area contributed by atoms with Gasteiger partial charge in [-0.2, -0.15) is 10.2 Å². The molecule has 0 unspecified atom stereocenters. The van der Waals surface area contributed by atoms with Crippen molar-refractivity contribution in [2.45, 2.75) is 6.54 Å². The molecule has 2 aromatic heterocycles. The molecule has 31 heavy (non-hydrogen) atoms. The second-order valence-electron chi connectivity index (χ2n) is 6.58. The molecule has 2 aromatic carbocycles. The second kappa shape index (κ2) is 8.79. The molecule has 0 atom stereocenters. The Balaban J connectivity index is 1.50. The molecule has 0 radical (unpaired) electrons. The van der Waals surface area contributed by atoms with Crippen molar-refractivity contribution >= 4 is 34.9 Å². The molecule has 10 heteroatoms. The number of benzene rings is 2. The molecule has 2 heterocycles. The lowest BCUT2D eigenvalue weighted by atomic mass is 10.1. The van der Waals surface area contributed by atoms with E-state index in [2.05, 4.69) is 20.6 Å². The zero-order chi connectivity index (χ0) is 22.0. The first kappa shape index (κ1) is 20.9. The fraction of sp³-hybridized carbons (Fsp3) is 0.0952. The molecule has 0 saturated heterocycles. The first-order valence-corrected chi connectivity index (χ1v) is 9.87. The molecule has 7 nitrogen and oxygen atoms in total. The summed E-state index contributed by atoms with van der Waals surface area (Å²) in [5.41, 5.74) is 1.87. The van der Waals surface area contributed by atoms with Gasteiger partial charge in [-0.05, 0) is 30.3 Å². The fourth-order valence-corrected chi connectivity index (χ4v) is 3.37. The van der Waals surface area contributed by atoms with Crippen LogP contribution in [-0.4, -0.2) is 33.0 Å². The molecule has 0 saturated carbocycles. The minimum absolute atomic E-state index is 0.0607. The van der Waals surface area contributed by atoms with Gasteiger partial charge in [0.1, 0.15) is 22.3 Å². The predicted octanol–water partition coefficient (Wildman–Crippen LogP) is 5.03. The van der Waals surface area contributed by atoms with Crippen LogP contribution >= 0.6 is 23.2 Å². The van der Waals surface area contributed by atoms with Gasteiger partial charge in [-0.15, -0.1) is 0 Å². The number of hydrogen-bond acceptors (Lipinski definition) is 4. The highest BCUT2D eigenvalue weighted by Gasteiger charge is 2.17. The average molecular weight is 460 g/mol. The van der Waals surface area contributed by atoms with Gasteiger partial charge in [0.25, 0.3) is 5.91 Å². The smallest absolute Gasteiger partial charge is 0.274 e. The standard InChI is InChI=1S/C21H16Cl2FN5O2/c1-31-13-5-2-4-12(8-13)18-9-19(27-26-18)21(30)25-20-16(23)11-29(28-20)10-14-15(22)6-3-7-17(14)24/h2-9,11H,10H2,1H3,(H,26,27)(H,25,28,30). The lowest BCUT2D eigenvalue weighted by Crippen LogP contribution is -2.13. The van der Waals surface area contributed by atoms with E-state index >= 15 is 0 Å². The molecular weight excluding hydrogens is 444 g/mol. The third kappa shape index (κ3) is 4.55. The van der Waals surface area contributed by atoms with Crippen molar-refractivity contribution in [2.75, 3.05) is 12.4 Å². The number of methoxy groups -OCH3 is 1. The van der Waals surface area contributed by atoms with E-state index in [0.717, 1.165) is 5.56 Å². The average Bonchev–Trinajstić information content (AvgIpc) is 3.38. The number of halogens is 3. The number of aromatic amines is 1. The van der Waals surface area contributed by atoms with E-state index in [-0.39, 0.29) is 33.7 Å². The molecule has 158 valence electrons. The van der Waals surface area contributed by atoms with Gasteiger partial charge in [-0.3, -0.25) is 14.6 Å². The van der Waals surface area contributed by atoms with Gasteiger partial charge in [0.05, 0.1) is 19.3 Å². The van der Waals surface area contributed by atoms with Crippen molar-refractivity contribution in [1.82, 2.24) is 20.0 Å². The van der Waals surface area contributed by atoms with Crippen LogP contribution < -0.4 is 10.1 Å². The fourth-order valence-electron chi connectivity index (χ4n) is 2.95. The van der Waals surface area contributed by atoms with E-state index in [4.69, 9.17) is 27.9 Å². The molecule has 0 spiro atoms. The Hall–Kier alpha value is -3.36. The van der Waals surface area contributed by atoms with Gasteiger partial charge in [-0.25, -0.2) is 4.39 Å². The summed E-state index contributed by atoms with van der Waals surface area (Å²) in [6.45, 7) is 0.0607. The SMILES string of the molecule is COc1cccc(-c2cc(C(=O)Nc3nn(Cc4c(F)cccc4Cl)cc3Cl)[nH]n2)c1. The van der Waals surface area contributed by atoms with Crippen LogP contribution in [0.2, 0.25) is 10.0 Å². The quantitative estimate of drug-likeness (QED) is 0.423. The largest absolute Gasteiger partial charge is 0.497 e. The minimum Gasteiger partial charge on any atom is -0.497 e. The molecular formula is C21H16Cl2FN5O2. The monoisotopic (exact) mass is 459 g/mol. The van der Waals surface area contributed by atoms with Crippen molar-refractivity contribution in [2.24, 2.45) is 0 Å². The summed E-state index contributed by atoms with van der Waals surface area (Å²) in [5, 5.41) is 14.2. The highest BCUT2D eigenvalue weighted by atomic mass is 35.5. The van der Waals surface area contributed by atoms with Crippen LogP contribution in [0, 0.1) is 5.82 Å². The molecule has 0 aliphatic carbocycles. The number of rotatable bonds is 6. The van der Waals surface area contributed by atoms with Crippen LogP contribution in [-0.2, 0) is 6.54 Å². The van der Waals surface area contributed by atoms with Crippen molar-refractivity contribution in [3.8, 4) is 17.0 Å². The summed E-state index contributed by atoms with van der Waals surface area (Å²) in [6, 6.07) is 13.3. The Labute approximate surface area is 186 Å². The molecule has 1 amide bonds. The topological polar surface area (TPSA) is 84.8 Å². The molecule has 4 rings (SSSR count). The Bertz CT molecular complexity index is 1230. The first-order chi connectivity index (χ1) is 14.9. The van der Waals surface area contributed by atoms with Gasteiger partial charge >= 0.3 is 0 Å². The highest BCUT2D eigenvalue weighted by molar-refractivity contribution is 6.33. The first-order valence-electron chi connectivity index (χ1n) is 9.11. The minimum atomic E-state index is -0.474. The Morgan fingerprint density at radius 2 is 2.00 bits per heavy atom. The van der Waals surface area contributed by atoms with Crippen molar-refractivity contribution in [1.29, 1.82) is 0 Å². The van der Waals surface area contributed by atoms with Gasteiger partial charge in [0, 0.05) is 22.3 Å².